The summed E-state index contributed by atoms with van der Waals surface area (Å²) in [6.07, 6.45) is 3.31. The Labute approximate surface area is 183 Å². The monoisotopic (exact) mass is 414 g/mol. The van der Waals surface area contributed by atoms with Crippen molar-refractivity contribution in [2.45, 2.75) is 50.6 Å². The Bertz CT molecular complexity index is 1100. The second kappa shape index (κ2) is 8.35. The predicted octanol–water partition coefficient (Wildman–Crippen LogP) is 5.27. The fourth-order valence-corrected chi connectivity index (χ4v) is 5.50. The van der Waals surface area contributed by atoms with Gasteiger partial charge < -0.3 is 15.3 Å². The van der Waals surface area contributed by atoms with E-state index >= 15 is 0 Å². The first kappa shape index (κ1) is 20.1. The van der Waals surface area contributed by atoms with Gasteiger partial charge in [-0.2, -0.15) is 0 Å². The van der Waals surface area contributed by atoms with Crippen LogP contribution in [-0.4, -0.2) is 30.2 Å². The summed E-state index contributed by atoms with van der Waals surface area (Å²) < 4.78 is 0. The number of carboxylic acids is 1. The maximum Gasteiger partial charge on any atom is 0.303 e. The number of aliphatic carboxylic acids is 1. The van der Waals surface area contributed by atoms with Crippen molar-refractivity contribution in [3.8, 4) is 0 Å². The standard InChI is InChI=1S/C27H30N2O2/c1-18(24-8-4-6-19-5-2-3-7-25(19)24)28-22-13-14-29(17-22)23-12-11-20-9-10-21(15-27(30)31)26(20)16-23/h2-8,11-12,16,18,21-22,28H,9-10,13-15,17H2,1H3,(H,30,31)/t18-,21+,22+/m1/s1. The van der Waals surface area contributed by atoms with E-state index in [2.05, 4.69) is 77.8 Å². The number of benzene rings is 3. The molecule has 5 rings (SSSR count). The molecule has 3 aromatic carbocycles. The quantitative estimate of drug-likeness (QED) is 0.577. The minimum atomic E-state index is -0.698. The molecule has 2 aliphatic rings. The van der Waals surface area contributed by atoms with E-state index in [1.807, 2.05) is 0 Å². The van der Waals surface area contributed by atoms with Crippen LogP contribution in [0.5, 0.6) is 0 Å². The summed E-state index contributed by atoms with van der Waals surface area (Å²) in [5.41, 5.74) is 5.16. The van der Waals surface area contributed by atoms with Gasteiger partial charge in [0, 0.05) is 30.9 Å². The van der Waals surface area contributed by atoms with Crippen LogP contribution in [0.1, 0.15) is 54.8 Å². The average molecular weight is 415 g/mol. The van der Waals surface area contributed by atoms with Crippen molar-refractivity contribution in [2.75, 3.05) is 18.0 Å². The summed E-state index contributed by atoms with van der Waals surface area (Å²) in [7, 11) is 0. The molecule has 0 aromatic heterocycles. The van der Waals surface area contributed by atoms with Gasteiger partial charge in [0.15, 0.2) is 0 Å². The molecule has 1 heterocycles. The van der Waals surface area contributed by atoms with Crippen molar-refractivity contribution in [1.82, 2.24) is 5.32 Å². The lowest BCUT2D eigenvalue weighted by Gasteiger charge is -2.23. The highest BCUT2D eigenvalue weighted by Gasteiger charge is 2.28. The molecule has 31 heavy (non-hydrogen) atoms. The van der Waals surface area contributed by atoms with E-state index in [9.17, 15) is 9.90 Å². The molecular formula is C27H30N2O2. The molecule has 0 amide bonds. The third-order valence-corrected chi connectivity index (χ3v) is 7.08. The van der Waals surface area contributed by atoms with Gasteiger partial charge in [-0.25, -0.2) is 0 Å². The first-order valence-electron chi connectivity index (χ1n) is 11.4. The van der Waals surface area contributed by atoms with Gasteiger partial charge in [-0.1, -0.05) is 48.5 Å². The van der Waals surface area contributed by atoms with Crippen LogP contribution in [0.15, 0.2) is 60.7 Å². The van der Waals surface area contributed by atoms with Gasteiger partial charge in [-0.15, -0.1) is 0 Å². The molecule has 3 atom stereocenters. The summed E-state index contributed by atoms with van der Waals surface area (Å²) in [5.74, 6) is -0.536. The molecule has 0 unspecified atom stereocenters. The van der Waals surface area contributed by atoms with Crippen molar-refractivity contribution < 1.29 is 9.90 Å². The van der Waals surface area contributed by atoms with Gasteiger partial charge >= 0.3 is 5.97 Å². The number of hydrogen-bond acceptors (Lipinski definition) is 3. The van der Waals surface area contributed by atoms with Crippen LogP contribution in [0.25, 0.3) is 10.8 Å². The fourth-order valence-electron chi connectivity index (χ4n) is 5.50. The lowest BCUT2D eigenvalue weighted by Crippen LogP contribution is -2.34. The highest BCUT2D eigenvalue weighted by Crippen LogP contribution is 2.38. The molecule has 3 aromatic rings. The van der Waals surface area contributed by atoms with Crippen molar-refractivity contribution in [1.29, 1.82) is 0 Å². The number of nitrogens with one attached hydrogen (secondary N) is 1. The molecule has 0 spiro atoms. The third kappa shape index (κ3) is 4.05. The van der Waals surface area contributed by atoms with Gasteiger partial charge in [0.05, 0.1) is 6.42 Å². The van der Waals surface area contributed by atoms with Gasteiger partial charge in [0.25, 0.3) is 0 Å². The molecule has 160 valence electrons. The van der Waals surface area contributed by atoms with E-state index in [0.717, 1.165) is 32.4 Å². The van der Waals surface area contributed by atoms with Crippen LogP contribution in [-0.2, 0) is 11.2 Å². The molecule has 4 nitrogen and oxygen atoms in total. The maximum atomic E-state index is 11.2. The summed E-state index contributed by atoms with van der Waals surface area (Å²) in [5, 5.41) is 15.7. The Morgan fingerprint density at radius 3 is 2.84 bits per heavy atom. The van der Waals surface area contributed by atoms with E-state index in [0.29, 0.717) is 6.04 Å². The molecule has 1 saturated heterocycles. The lowest BCUT2D eigenvalue weighted by molar-refractivity contribution is -0.137. The summed E-state index contributed by atoms with van der Waals surface area (Å²) in [6.45, 7) is 4.27. The van der Waals surface area contributed by atoms with E-state index in [-0.39, 0.29) is 18.4 Å². The van der Waals surface area contributed by atoms with E-state index in [1.165, 1.54) is 33.2 Å². The fraction of sp³-hybridized carbons (Fsp3) is 0.370. The Morgan fingerprint density at radius 1 is 1.13 bits per heavy atom. The number of carbonyl (C=O) groups is 1. The van der Waals surface area contributed by atoms with Crippen LogP contribution in [0.4, 0.5) is 5.69 Å². The average Bonchev–Trinajstić information content (AvgIpc) is 3.40. The number of aryl methyl sites for hydroxylation is 1. The number of hydrogen-bond donors (Lipinski definition) is 2. The molecule has 0 bridgehead atoms. The second-order valence-electron chi connectivity index (χ2n) is 9.10. The molecule has 0 radical (unpaired) electrons. The highest BCUT2D eigenvalue weighted by molar-refractivity contribution is 5.86. The Hall–Kier alpha value is -2.85. The zero-order valence-electron chi connectivity index (χ0n) is 18.1. The summed E-state index contributed by atoms with van der Waals surface area (Å²) in [6, 6.07) is 22.6. The first-order valence-corrected chi connectivity index (χ1v) is 11.4. The zero-order valence-corrected chi connectivity index (χ0v) is 18.1. The molecule has 1 aliphatic carbocycles. The first-order chi connectivity index (χ1) is 15.1. The normalized spacial score (nSPS) is 21.4. The third-order valence-electron chi connectivity index (χ3n) is 7.08. The van der Waals surface area contributed by atoms with E-state index in [1.54, 1.807) is 0 Å². The van der Waals surface area contributed by atoms with Gasteiger partial charge in [0.2, 0.25) is 0 Å². The minimum absolute atomic E-state index is 0.162. The smallest absolute Gasteiger partial charge is 0.303 e. The van der Waals surface area contributed by atoms with Crippen molar-refractivity contribution in [3.63, 3.8) is 0 Å². The summed E-state index contributed by atoms with van der Waals surface area (Å²) in [4.78, 5) is 13.7. The Balaban J connectivity index is 1.28. The molecule has 1 fully saturated rings. The van der Waals surface area contributed by atoms with Gasteiger partial charge in [0.1, 0.15) is 0 Å². The van der Waals surface area contributed by atoms with E-state index < -0.39 is 5.97 Å². The Morgan fingerprint density at radius 2 is 1.97 bits per heavy atom. The predicted molar refractivity (Wildman–Crippen MR) is 126 cm³/mol. The van der Waals surface area contributed by atoms with E-state index in [4.69, 9.17) is 0 Å². The van der Waals surface area contributed by atoms with Gasteiger partial charge in [-0.05, 0) is 71.7 Å². The minimum Gasteiger partial charge on any atom is -0.481 e. The molecule has 4 heteroatoms. The van der Waals surface area contributed by atoms with Crippen LogP contribution in [0.3, 0.4) is 0 Å². The molecule has 2 N–H and O–H groups in total. The number of anilines is 1. The largest absolute Gasteiger partial charge is 0.481 e. The van der Waals surface area contributed by atoms with Crippen molar-refractivity contribution >= 4 is 22.4 Å². The van der Waals surface area contributed by atoms with Crippen LogP contribution in [0.2, 0.25) is 0 Å². The second-order valence-corrected chi connectivity index (χ2v) is 9.10. The maximum absolute atomic E-state index is 11.2. The topological polar surface area (TPSA) is 52.6 Å². The molecule has 0 saturated carbocycles. The van der Waals surface area contributed by atoms with Crippen molar-refractivity contribution in [3.05, 3.63) is 77.4 Å². The van der Waals surface area contributed by atoms with Crippen molar-refractivity contribution in [2.24, 2.45) is 0 Å². The number of nitrogens with zero attached hydrogens (tertiary/aromatic N) is 1. The Kier molecular flexibility index (Phi) is 5.41. The molecular weight excluding hydrogens is 384 g/mol. The van der Waals surface area contributed by atoms with Crippen LogP contribution < -0.4 is 10.2 Å². The zero-order chi connectivity index (χ0) is 21.4. The number of fused-ring (bicyclic) bond motifs is 2. The number of carboxylic acid groups (broad SMARTS) is 1. The lowest BCUT2D eigenvalue weighted by atomic mass is 9.97. The van der Waals surface area contributed by atoms with Crippen LogP contribution in [0, 0.1) is 0 Å². The summed E-state index contributed by atoms with van der Waals surface area (Å²) >= 11 is 0. The highest BCUT2D eigenvalue weighted by atomic mass is 16.4. The molecule has 1 aliphatic heterocycles. The van der Waals surface area contributed by atoms with Crippen LogP contribution >= 0.6 is 0 Å². The SMILES string of the molecule is C[C@@H](N[C@H]1CCN(c2ccc3c(c2)[C@H](CC(=O)O)CC3)C1)c1cccc2ccccc12. The number of rotatable bonds is 6. The van der Waals surface area contributed by atoms with Gasteiger partial charge in [-0.3, -0.25) is 4.79 Å².